The lowest BCUT2D eigenvalue weighted by molar-refractivity contribution is -0.132. The van der Waals surface area contributed by atoms with Crippen LogP contribution in [0.5, 0.6) is 0 Å². The molecule has 29 heavy (non-hydrogen) atoms. The van der Waals surface area contributed by atoms with Crippen molar-refractivity contribution in [3.05, 3.63) is 23.8 Å². The molecule has 0 heterocycles. The van der Waals surface area contributed by atoms with Gasteiger partial charge in [0.25, 0.3) is 0 Å². The van der Waals surface area contributed by atoms with E-state index in [-0.39, 0.29) is 17.3 Å². The SMILES string of the molecule is CCN(CC)S(=O)(=O)c1cc(NCC(=O)N(C)C2(C#N)CCCCC2)ccc1C. The molecule has 0 spiro atoms. The zero-order valence-electron chi connectivity index (χ0n) is 17.9. The minimum absolute atomic E-state index is 0.00769. The van der Waals surface area contributed by atoms with E-state index in [1.54, 1.807) is 37.1 Å². The zero-order chi connectivity index (χ0) is 21.7. The molecule has 8 heteroatoms. The van der Waals surface area contributed by atoms with Gasteiger partial charge in [0.1, 0.15) is 5.54 Å². The molecule has 160 valence electrons. The smallest absolute Gasteiger partial charge is 0.243 e. The summed E-state index contributed by atoms with van der Waals surface area (Å²) in [6.07, 6.45) is 4.38. The Balaban J connectivity index is 2.15. The lowest BCUT2D eigenvalue weighted by Crippen LogP contribution is -2.51. The molecule has 1 amide bonds. The molecule has 0 radical (unpaired) electrons. The fourth-order valence-electron chi connectivity index (χ4n) is 3.88. The molecule has 7 nitrogen and oxygen atoms in total. The summed E-state index contributed by atoms with van der Waals surface area (Å²) in [5.74, 6) is -0.179. The minimum Gasteiger partial charge on any atom is -0.376 e. The number of sulfonamides is 1. The fraction of sp³-hybridized carbons (Fsp3) is 0.619. The molecule has 1 N–H and O–H groups in total. The molecule has 0 aliphatic heterocycles. The molecular formula is C21H32N4O3S. The van der Waals surface area contributed by atoms with Gasteiger partial charge in [-0.25, -0.2) is 8.42 Å². The molecule has 1 aromatic rings. The monoisotopic (exact) mass is 420 g/mol. The molecule has 0 aromatic heterocycles. The third kappa shape index (κ3) is 4.90. The highest BCUT2D eigenvalue weighted by Gasteiger charge is 2.38. The normalized spacial score (nSPS) is 16.3. The second-order valence-electron chi connectivity index (χ2n) is 7.58. The number of carbonyl (C=O) groups excluding carboxylic acids is 1. The van der Waals surface area contributed by atoms with Crippen molar-refractivity contribution in [3.63, 3.8) is 0 Å². The first-order chi connectivity index (χ1) is 13.7. The topological polar surface area (TPSA) is 93.5 Å². The average molecular weight is 421 g/mol. The third-order valence-electron chi connectivity index (χ3n) is 5.86. The first-order valence-electron chi connectivity index (χ1n) is 10.2. The van der Waals surface area contributed by atoms with E-state index in [4.69, 9.17) is 0 Å². The summed E-state index contributed by atoms with van der Waals surface area (Å²) in [6, 6.07) is 7.44. The highest BCUT2D eigenvalue weighted by Crippen LogP contribution is 2.32. The second-order valence-corrected chi connectivity index (χ2v) is 9.49. The van der Waals surface area contributed by atoms with Crippen molar-refractivity contribution in [2.45, 2.75) is 63.3 Å². The summed E-state index contributed by atoms with van der Waals surface area (Å²) in [7, 11) is -1.90. The van der Waals surface area contributed by atoms with Crippen molar-refractivity contribution >= 4 is 21.6 Å². The van der Waals surface area contributed by atoms with E-state index in [1.165, 1.54) is 4.31 Å². The standard InChI is InChI=1S/C21H32N4O3S/c1-5-25(6-2)29(27,28)19-14-18(11-10-17(19)3)23-15-20(26)24(4)21(16-22)12-8-7-9-13-21/h10-11,14,23H,5-9,12-13,15H2,1-4H3. The van der Waals surface area contributed by atoms with Gasteiger partial charge in [-0.1, -0.05) is 39.2 Å². The third-order valence-corrected chi connectivity index (χ3v) is 8.05. The van der Waals surface area contributed by atoms with Crippen LogP contribution < -0.4 is 5.32 Å². The number of rotatable bonds is 8. The maximum atomic E-state index is 12.9. The van der Waals surface area contributed by atoms with Crippen molar-refractivity contribution in [1.29, 1.82) is 5.26 Å². The molecule has 1 aromatic carbocycles. The van der Waals surface area contributed by atoms with Gasteiger partial charge < -0.3 is 10.2 Å². The van der Waals surface area contributed by atoms with Gasteiger partial charge in [-0.3, -0.25) is 4.79 Å². The number of nitrogens with one attached hydrogen (secondary N) is 1. The van der Waals surface area contributed by atoms with Gasteiger partial charge in [0.15, 0.2) is 0 Å². The van der Waals surface area contributed by atoms with E-state index in [2.05, 4.69) is 11.4 Å². The Morgan fingerprint density at radius 3 is 2.38 bits per heavy atom. The summed E-state index contributed by atoms with van der Waals surface area (Å²) >= 11 is 0. The van der Waals surface area contributed by atoms with Crippen LogP contribution in [-0.4, -0.2) is 55.8 Å². The summed E-state index contributed by atoms with van der Waals surface area (Å²) in [6.45, 7) is 6.18. The van der Waals surface area contributed by atoms with Gasteiger partial charge in [0.05, 0.1) is 17.5 Å². The lowest BCUT2D eigenvalue weighted by Gasteiger charge is -2.39. The average Bonchev–Trinajstić information content (AvgIpc) is 2.73. The number of hydrogen-bond acceptors (Lipinski definition) is 5. The maximum absolute atomic E-state index is 12.9. The Morgan fingerprint density at radius 1 is 1.21 bits per heavy atom. The summed E-state index contributed by atoms with van der Waals surface area (Å²) in [5.41, 5.74) is 0.496. The van der Waals surface area contributed by atoms with Gasteiger partial charge in [0.2, 0.25) is 15.9 Å². The molecular weight excluding hydrogens is 388 g/mol. The summed E-state index contributed by atoms with van der Waals surface area (Å²) in [5, 5.41) is 12.7. The van der Waals surface area contributed by atoms with Crippen molar-refractivity contribution in [1.82, 2.24) is 9.21 Å². The lowest BCUT2D eigenvalue weighted by atomic mass is 9.81. The first kappa shape index (κ1) is 23.2. The molecule has 0 bridgehead atoms. The van der Waals surface area contributed by atoms with Crippen LogP contribution in [0.2, 0.25) is 0 Å². The van der Waals surface area contributed by atoms with E-state index in [0.29, 0.717) is 37.2 Å². The van der Waals surface area contributed by atoms with Crippen LogP contribution in [0.1, 0.15) is 51.5 Å². The fourth-order valence-corrected chi connectivity index (χ4v) is 5.59. The highest BCUT2D eigenvalue weighted by molar-refractivity contribution is 7.89. The van der Waals surface area contributed by atoms with Crippen LogP contribution in [0.15, 0.2) is 23.1 Å². The number of hydrogen-bond donors (Lipinski definition) is 1. The van der Waals surface area contributed by atoms with Crippen LogP contribution in [0.25, 0.3) is 0 Å². The van der Waals surface area contributed by atoms with Crippen LogP contribution in [-0.2, 0) is 14.8 Å². The van der Waals surface area contributed by atoms with Crippen molar-refractivity contribution in [2.75, 3.05) is 32.0 Å². The molecule has 1 aliphatic carbocycles. The number of aryl methyl sites for hydroxylation is 1. The second kappa shape index (κ2) is 9.59. The van der Waals surface area contributed by atoms with Crippen LogP contribution in [0, 0.1) is 18.3 Å². The van der Waals surface area contributed by atoms with Crippen molar-refractivity contribution < 1.29 is 13.2 Å². The van der Waals surface area contributed by atoms with E-state index in [9.17, 15) is 18.5 Å². The largest absolute Gasteiger partial charge is 0.376 e. The van der Waals surface area contributed by atoms with E-state index in [1.807, 2.05) is 13.8 Å². The Morgan fingerprint density at radius 2 is 1.83 bits per heavy atom. The Bertz CT molecular complexity index is 866. The first-order valence-corrected chi connectivity index (χ1v) is 11.7. The quantitative estimate of drug-likeness (QED) is 0.697. The number of likely N-dealkylation sites (N-methyl/N-ethyl adjacent to an activating group) is 1. The minimum atomic E-state index is -3.59. The van der Waals surface area contributed by atoms with Gasteiger partial charge in [0, 0.05) is 25.8 Å². The molecule has 2 rings (SSSR count). The number of amides is 1. The maximum Gasteiger partial charge on any atom is 0.243 e. The van der Waals surface area contributed by atoms with Gasteiger partial charge in [-0.15, -0.1) is 0 Å². The molecule has 0 unspecified atom stereocenters. The molecule has 1 aliphatic rings. The van der Waals surface area contributed by atoms with Crippen molar-refractivity contribution in [2.24, 2.45) is 0 Å². The highest BCUT2D eigenvalue weighted by atomic mass is 32.2. The zero-order valence-corrected chi connectivity index (χ0v) is 18.7. The Labute approximate surface area is 174 Å². The predicted molar refractivity (Wildman–Crippen MR) is 114 cm³/mol. The number of benzene rings is 1. The number of nitrogens with zero attached hydrogens (tertiary/aromatic N) is 3. The van der Waals surface area contributed by atoms with Gasteiger partial charge in [-0.2, -0.15) is 9.57 Å². The van der Waals surface area contributed by atoms with Gasteiger partial charge >= 0.3 is 0 Å². The van der Waals surface area contributed by atoms with Crippen LogP contribution in [0.3, 0.4) is 0 Å². The van der Waals surface area contributed by atoms with E-state index in [0.717, 1.165) is 19.3 Å². The number of carbonyl (C=O) groups is 1. The van der Waals surface area contributed by atoms with Crippen LogP contribution in [0.4, 0.5) is 5.69 Å². The predicted octanol–water partition coefficient (Wildman–Crippen LogP) is 3.12. The summed E-state index contributed by atoms with van der Waals surface area (Å²) < 4.78 is 27.2. The molecule has 1 fully saturated rings. The van der Waals surface area contributed by atoms with Gasteiger partial charge in [-0.05, 0) is 37.5 Å². The Kier molecular flexibility index (Phi) is 7.66. The van der Waals surface area contributed by atoms with E-state index < -0.39 is 15.6 Å². The number of anilines is 1. The molecule has 0 saturated heterocycles. The Hall–Kier alpha value is -2.11. The molecule has 1 saturated carbocycles. The van der Waals surface area contributed by atoms with Crippen LogP contribution >= 0.6 is 0 Å². The van der Waals surface area contributed by atoms with Crippen molar-refractivity contribution in [3.8, 4) is 6.07 Å². The van der Waals surface area contributed by atoms with E-state index >= 15 is 0 Å². The number of nitriles is 1. The summed E-state index contributed by atoms with van der Waals surface area (Å²) in [4.78, 5) is 14.5. The molecule has 0 atom stereocenters.